The third kappa shape index (κ3) is 5.24. The van der Waals surface area contributed by atoms with E-state index in [0.29, 0.717) is 23.6 Å². The second kappa shape index (κ2) is 8.66. The molecule has 0 saturated heterocycles. The SMILES string of the molecule is O=C(CCCC(=S)Cl)OC(c1ccccc1)c1ccccc1. The van der Waals surface area contributed by atoms with Gasteiger partial charge in [-0.2, -0.15) is 0 Å². The Morgan fingerprint density at radius 3 is 1.91 bits per heavy atom. The fourth-order valence-corrected chi connectivity index (χ4v) is 2.42. The minimum atomic E-state index is -0.391. The summed E-state index contributed by atoms with van der Waals surface area (Å²) < 4.78 is 6.08. The maximum atomic E-state index is 12.1. The molecule has 2 nitrogen and oxygen atoms in total. The Morgan fingerprint density at radius 2 is 1.45 bits per heavy atom. The van der Waals surface area contributed by atoms with Crippen LogP contribution in [0.4, 0.5) is 0 Å². The number of ether oxygens (including phenoxy) is 1. The molecule has 4 heteroatoms. The van der Waals surface area contributed by atoms with Gasteiger partial charge < -0.3 is 4.74 Å². The quantitative estimate of drug-likeness (QED) is 0.403. The summed E-state index contributed by atoms with van der Waals surface area (Å²) in [4.78, 5) is 12.1. The third-order valence-corrected chi connectivity index (χ3v) is 3.60. The van der Waals surface area contributed by atoms with E-state index in [1.54, 1.807) is 0 Å². The molecule has 114 valence electrons. The van der Waals surface area contributed by atoms with Gasteiger partial charge in [-0.1, -0.05) is 84.5 Å². The normalized spacial score (nSPS) is 10.5. The minimum Gasteiger partial charge on any atom is -0.453 e. The van der Waals surface area contributed by atoms with Gasteiger partial charge in [-0.3, -0.25) is 4.79 Å². The first kappa shape index (κ1) is 16.7. The van der Waals surface area contributed by atoms with E-state index in [-0.39, 0.29) is 5.97 Å². The predicted octanol–water partition coefficient (Wildman–Crippen LogP) is 5.06. The van der Waals surface area contributed by atoms with Crippen LogP contribution in [0.5, 0.6) is 0 Å². The molecule has 0 fully saturated rings. The molecule has 22 heavy (non-hydrogen) atoms. The molecule has 0 aliphatic rings. The first-order chi connectivity index (χ1) is 10.7. The molecule has 2 aromatic carbocycles. The first-order valence-electron chi connectivity index (χ1n) is 7.14. The van der Waals surface area contributed by atoms with Crippen molar-refractivity contribution >= 4 is 34.1 Å². The Bertz CT molecular complexity index is 574. The van der Waals surface area contributed by atoms with Gasteiger partial charge in [0, 0.05) is 6.42 Å². The van der Waals surface area contributed by atoms with Gasteiger partial charge in [-0.15, -0.1) is 0 Å². The maximum Gasteiger partial charge on any atom is 0.306 e. The van der Waals surface area contributed by atoms with Crippen LogP contribution in [0.25, 0.3) is 0 Å². The van der Waals surface area contributed by atoms with E-state index >= 15 is 0 Å². The van der Waals surface area contributed by atoms with Crippen LogP contribution >= 0.6 is 23.8 Å². The molecule has 2 aromatic rings. The number of hydrogen-bond acceptors (Lipinski definition) is 3. The van der Waals surface area contributed by atoms with E-state index in [1.165, 1.54) is 0 Å². The zero-order valence-corrected chi connectivity index (χ0v) is 13.6. The van der Waals surface area contributed by atoms with Gasteiger partial charge in [-0.05, 0) is 24.0 Å². The van der Waals surface area contributed by atoms with Gasteiger partial charge in [0.25, 0.3) is 0 Å². The summed E-state index contributed by atoms with van der Waals surface area (Å²) in [5.74, 6) is -0.245. The van der Waals surface area contributed by atoms with Gasteiger partial charge in [0.05, 0.1) is 4.32 Å². The lowest BCUT2D eigenvalue weighted by atomic mass is 10.0. The molecular formula is C18H17ClO2S. The molecule has 0 aliphatic heterocycles. The molecular weight excluding hydrogens is 316 g/mol. The number of thiocarbonyl (C=S) groups is 1. The van der Waals surface area contributed by atoms with Crippen LogP contribution in [-0.4, -0.2) is 10.3 Å². The van der Waals surface area contributed by atoms with E-state index in [4.69, 9.17) is 28.6 Å². The van der Waals surface area contributed by atoms with E-state index < -0.39 is 6.10 Å². The summed E-state index contributed by atoms with van der Waals surface area (Å²) in [6.45, 7) is 0. The molecule has 0 amide bonds. The van der Waals surface area contributed by atoms with Crippen molar-refractivity contribution < 1.29 is 9.53 Å². The average molecular weight is 333 g/mol. The van der Waals surface area contributed by atoms with Crippen LogP contribution in [-0.2, 0) is 9.53 Å². The Hall–Kier alpha value is -1.71. The van der Waals surface area contributed by atoms with Crippen molar-refractivity contribution in [3.05, 3.63) is 71.8 Å². The van der Waals surface area contributed by atoms with Crippen molar-refractivity contribution in [2.24, 2.45) is 0 Å². The molecule has 0 atom stereocenters. The zero-order chi connectivity index (χ0) is 15.8. The highest BCUT2D eigenvalue weighted by Crippen LogP contribution is 2.26. The third-order valence-electron chi connectivity index (χ3n) is 3.21. The molecule has 0 N–H and O–H groups in total. The van der Waals surface area contributed by atoms with E-state index in [9.17, 15) is 4.79 Å². The van der Waals surface area contributed by atoms with Crippen LogP contribution in [0.1, 0.15) is 36.5 Å². The minimum absolute atomic E-state index is 0.245. The Balaban J connectivity index is 2.09. The fourth-order valence-electron chi connectivity index (χ4n) is 2.15. The first-order valence-corrected chi connectivity index (χ1v) is 7.93. The monoisotopic (exact) mass is 332 g/mol. The second-order valence-corrected chi connectivity index (χ2v) is 6.07. The van der Waals surface area contributed by atoms with Crippen LogP contribution in [0.15, 0.2) is 60.7 Å². The van der Waals surface area contributed by atoms with Crippen LogP contribution in [0, 0.1) is 0 Å². The molecule has 0 spiro atoms. The highest BCUT2D eigenvalue weighted by Gasteiger charge is 2.18. The molecule has 0 aliphatic carbocycles. The molecule has 0 aromatic heterocycles. The van der Waals surface area contributed by atoms with E-state index in [2.05, 4.69) is 0 Å². The summed E-state index contributed by atoms with van der Waals surface area (Å²) in [5, 5.41) is 0. The van der Waals surface area contributed by atoms with Gasteiger partial charge >= 0.3 is 5.97 Å². The number of hydrogen-bond donors (Lipinski definition) is 0. The van der Waals surface area contributed by atoms with Crippen molar-refractivity contribution in [1.29, 1.82) is 0 Å². The summed E-state index contributed by atoms with van der Waals surface area (Å²) in [7, 11) is 0. The lowest BCUT2D eigenvalue weighted by Gasteiger charge is -2.19. The Kier molecular flexibility index (Phi) is 6.56. The van der Waals surface area contributed by atoms with Crippen molar-refractivity contribution in [3.63, 3.8) is 0 Å². The Morgan fingerprint density at radius 1 is 0.955 bits per heavy atom. The number of halogens is 1. The topological polar surface area (TPSA) is 26.3 Å². The van der Waals surface area contributed by atoms with Gasteiger partial charge in [0.15, 0.2) is 6.10 Å². The average Bonchev–Trinajstić information content (AvgIpc) is 2.54. The zero-order valence-electron chi connectivity index (χ0n) is 12.1. The smallest absolute Gasteiger partial charge is 0.306 e. The number of esters is 1. The summed E-state index contributed by atoms with van der Waals surface area (Å²) in [6, 6.07) is 19.4. The van der Waals surface area contributed by atoms with Gasteiger partial charge in [0.2, 0.25) is 0 Å². The lowest BCUT2D eigenvalue weighted by molar-refractivity contribution is -0.147. The van der Waals surface area contributed by atoms with Gasteiger partial charge in [0.1, 0.15) is 0 Å². The Labute approximate surface area is 141 Å². The van der Waals surface area contributed by atoms with Crippen molar-refractivity contribution in [2.45, 2.75) is 25.4 Å². The molecule has 2 rings (SSSR count). The standard InChI is InChI=1S/C18H17ClO2S/c19-16(22)12-7-13-17(20)21-18(14-8-3-1-4-9-14)15-10-5-2-6-11-15/h1-6,8-11,18H,7,12-13H2. The van der Waals surface area contributed by atoms with Crippen molar-refractivity contribution in [2.75, 3.05) is 0 Å². The van der Waals surface area contributed by atoms with E-state index in [0.717, 1.165) is 11.1 Å². The molecule has 0 saturated carbocycles. The highest BCUT2D eigenvalue weighted by molar-refractivity contribution is 7.83. The summed E-state index contributed by atoms with van der Waals surface area (Å²) in [5.41, 5.74) is 1.91. The summed E-state index contributed by atoms with van der Waals surface area (Å²) >= 11 is 10.4. The van der Waals surface area contributed by atoms with E-state index in [1.807, 2.05) is 60.7 Å². The number of carbonyl (C=O) groups excluding carboxylic acids is 1. The highest BCUT2D eigenvalue weighted by atomic mass is 35.5. The maximum absolute atomic E-state index is 12.1. The lowest BCUT2D eigenvalue weighted by Crippen LogP contribution is -2.12. The number of rotatable bonds is 7. The second-order valence-electron chi connectivity index (χ2n) is 4.90. The number of benzene rings is 2. The van der Waals surface area contributed by atoms with Crippen LogP contribution < -0.4 is 0 Å². The van der Waals surface area contributed by atoms with Crippen molar-refractivity contribution in [1.82, 2.24) is 0 Å². The van der Waals surface area contributed by atoms with Crippen LogP contribution in [0.2, 0.25) is 0 Å². The van der Waals surface area contributed by atoms with Crippen molar-refractivity contribution in [3.8, 4) is 0 Å². The predicted molar refractivity (Wildman–Crippen MR) is 93.1 cm³/mol. The van der Waals surface area contributed by atoms with Gasteiger partial charge in [-0.25, -0.2) is 0 Å². The van der Waals surface area contributed by atoms with Crippen LogP contribution in [0.3, 0.4) is 0 Å². The molecule has 0 bridgehead atoms. The summed E-state index contributed by atoms with van der Waals surface area (Å²) in [6.07, 6.45) is 1.08. The molecule has 0 unspecified atom stereocenters. The largest absolute Gasteiger partial charge is 0.453 e. The fraction of sp³-hybridized carbons (Fsp3) is 0.222. The molecule has 0 radical (unpaired) electrons. The molecule has 0 heterocycles. The number of carbonyl (C=O) groups is 1.